The normalized spacial score (nSPS) is 14.1. The summed E-state index contributed by atoms with van der Waals surface area (Å²) in [5.74, 6) is 0.294. The molecular formula is C14H20ClNO3S. The molecule has 0 saturated carbocycles. The maximum atomic E-state index is 11.9. The van der Waals surface area contributed by atoms with E-state index in [-0.39, 0.29) is 6.61 Å². The highest BCUT2D eigenvalue weighted by Crippen LogP contribution is 2.16. The van der Waals surface area contributed by atoms with Gasteiger partial charge in [0, 0.05) is 16.5 Å². The Hall–Kier alpha value is -0.880. The molecule has 1 unspecified atom stereocenters. The van der Waals surface area contributed by atoms with Crippen LogP contribution in [0.3, 0.4) is 0 Å². The minimum atomic E-state index is -3.60. The molecule has 0 aromatic heterocycles. The molecule has 0 spiro atoms. The van der Waals surface area contributed by atoms with E-state index >= 15 is 0 Å². The molecule has 0 saturated heterocycles. The molecule has 0 radical (unpaired) electrons. The van der Waals surface area contributed by atoms with E-state index < -0.39 is 16.1 Å². The molecular weight excluding hydrogens is 298 g/mol. The molecule has 2 N–H and O–H groups in total. The van der Waals surface area contributed by atoms with Gasteiger partial charge in [-0.3, -0.25) is 0 Å². The number of sulfonamides is 1. The van der Waals surface area contributed by atoms with Crippen LogP contribution in [0.4, 0.5) is 0 Å². The van der Waals surface area contributed by atoms with Crippen molar-refractivity contribution in [2.75, 3.05) is 6.61 Å². The van der Waals surface area contributed by atoms with Crippen molar-refractivity contribution in [3.63, 3.8) is 0 Å². The molecule has 1 atom stereocenters. The molecule has 0 bridgehead atoms. The largest absolute Gasteiger partial charge is 0.395 e. The van der Waals surface area contributed by atoms with Gasteiger partial charge < -0.3 is 5.11 Å². The summed E-state index contributed by atoms with van der Waals surface area (Å²) in [4.78, 5) is 0. The Morgan fingerprint density at radius 2 is 2.00 bits per heavy atom. The van der Waals surface area contributed by atoms with Crippen LogP contribution in [0.1, 0.15) is 25.8 Å². The van der Waals surface area contributed by atoms with Crippen LogP contribution in [-0.2, 0) is 10.0 Å². The van der Waals surface area contributed by atoms with Crippen molar-refractivity contribution in [1.82, 2.24) is 4.72 Å². The van der Waals surface area contributed by atoms with Crippen molar-refractivity contribution in [2.45, 2.75) is 26.3 Å². The van der Waals surface area contributed by atoms with E-state index in [2.05, 4.69) is 4.72 Å². The molecule has 4 nitrogen and oxygen atoms in total. The second kappa shape index (κ2) is 7.78. The van der Waals surface area contributed by atoms with E-state index in [9.17, 15) is 13.5 Å². The van der Waals surface area contributed by atoms with E-state index in [4.69, 9.17) is 11.6 Å². The third kappa shape index (κ3) is 6.05. The summed E-state index contributed by atoms with van der Waals surface area (Å²) in [7, 11) is -3.60. The van der Waals surface area contributed by atoms with E-state index in [0.717, 1.165) is 5.41 Å². The summed E-state index contributed by atoms with van der Waals surface area (Å²) in [6.45, 7) is 3.71. The third-order valence-electron chi connectivity index (χ3n) is 2.64. The van der Waals surface area contributed by atoms with Crippen molar-refractivity contribution < 1.29 is 13.5 Å². The third-order valence-corrected chi connectivity index (χ3v) is 4.14. The first-order valence-electron chi connectivity index (χ1n) is 6.40. The van der Waals surface area contributed by atoms with Gasteiger partial charge in [0.2, 0.25) is 10.0 Å². The molecule has 0 fully saturated rings. The lowest BCUT2D eigenvalue weighted by Crippen LogP contribution is -2.37. The summed E-state index contributed by atoms with van der Waals surface area (Å²) >= 11 is 5.95. The van der Waals surface area contributed by atoms with Crippen LogP contribution in [0.2, 0.25) is 5.02 Å². The van der Waals surface area contributed by atoms with Gasteiger partial charge in [-0.25, -0.2) is 13.1 Å². The molecule has 1 rings (SSSR count). The number of benzene rings is 1. The second-order valence-electron chi connectivity index (χ2n) is 5.00. The average molecular weight is 318 g/mol. The van der Waals surface area contributed by atoms with Gasteiger partial charge in [0.25, 0.3) is 0 Å². The summed E-state index contributed by atoms with van der Waals surface area (Å²) in [6, 6.07) is 6.50. The monoisotopic (exact) mass is 317 g/mol. The number of nitrogens with one attached hydrogen (secondary N) is 1. The SMILES string of the molecule is CC(C)CC(CO)NS(=O)(=O)/C=C/c1ccccc1Cl. The predicted molar refractivity (Wildman–Crippen MR) is 82.9 cm³/mol. The van der Waals surface area contributed by atoms with Crippen LogP contribution in [0, 0.1) is 5.92 Å². The summed E-state index contributed by atoms with van der Waals surface area (Å²) in [6.07, 6.45) is 2.02. The zero-order chi connectivity index (χ0) is 15.2. The first kappa shape index (κ1) is 17.2. The van der Waals surface area contributed by atoms with Crippen molar-refractivity contribution >= 4 is 27.7 Å². The molecule has 1 aromatic carbocycles. The number of rotatable bonds is 7. The fourth-order valence-corrected chi connectivity index (χ4v) is 3.01. The molecule has 6 heteroatoms. The number of aliphatic hydroxyl groups excluding tert-OH is 1. The second-order valence-corrected chi connectivity index (χ2v) is 7.00. The Bertz CT molecular complexity index is 555. The number of hydrogen-bond donors (Lipinski definition) is 2. The maximum absolute atomic E-state index is 11.9. The van der Waals surface area contributed by atoms with Crippen LogP contribution >= 0.6 is 11.6 Å². The minimum Gasteiger partial charge on any atom is -0.395 e. The smallest absolute Gasteiger partial charge is 0.234 e. The van der Waals surface area contributed by atoms with Crippen molar-refractivity contribution in [1.29, 1.82) is 0 Å². The van der Waals surface area contributed by atoms with Crippen LogP contribution in [0.5, 0.6) is 0 Å². The van der Waals surface area contributed by atoms with E-state index in [1.165, 1.54) is 6.08 Å². The van der Waals surface area contributed by atoms with Crippen LogP contribution < -0.4 is 4.72 Å². The zero-order valence-corrected chi connectivity index (χ0v) is 13.2. The van der Waals surface area contributed by atoms with Gasteiger partial charge in [-0.05, 0) is 30.0 Å². The molecule has 0 aliphatic carbocycles. The van der Waals surface area contributed by atoms with Gasteiger partial charge in [-0.1, -0.05) is 43.6 Å². The minimum absolute atomic E-state index is 0.225. The van der Waals surface area contributed by atoms with Gasteiger partial charge in [-0.2, -0.15) is 0 Å². The quantitative estimate of drug-likeness (QED) is 0.812. The molecule has 20 heavy (non-hydrogen) atoms. The van der Waals surface area contributed by atoms with Gasteiger partial charge in [0.1, 0.15) is 0 Å². The highest BCUT2D eigenvalue weighted by molar-refractivity contribution is 7.92. The van der Waals surface area contributed by atoms with Crippen LogP contribution in [0.25, 0.3) is 6.08 Å². The molecule has 0 heterocycles. The summed E-state index contributed by atoms with van der Waals surface area (Å²) < 4.78 is 26.3. The molecule has 0 amide bonds. The van der Waals surface area contributed by atoms with Crippen LogP contribution in [0.15, 0.2) is 29.7 Å². The summed E-state index contributed by atoms with van der Waals surface area (Å²) in [5, 5.41) is 10.7. The predicted octanol–water partition coefficient (Wildman–Crippen LogP) is 2.64. The first-order chi connectivity index (χ1) is 9.34. The zero-order valence-electron chi connectivity index (χ0n) is 11.6. The fourth-order valence-electron chi connectivity index (χ4n) is 1.77. The Morgan fingerprint density at radius 3 is 2.55 bits per heavy atom. The van der Waals surface area contributed by atoms with Crippen molar-refractivity contribution in [3.05, 3.63) is 40.3 Å². The number of hydrogen-bond acceptors (Lipinski definition) is 3. The first-order valence-corrected chi connectivity index (χ1v) is 8.32. The Morgan fingerprint density at radius 1 is 1.35 bits per heavy atom. The lowest BCUT2D eigenvalue weighted by molar-refractivity contribution is 0.240. The van der Waals surface area contributed by atoms with Crippen LogP contribution in [-0.4, -0.2) is 26.2 Å². The number of halogens is 1. The highest BCUT2D eigenvalue weighted by Gasteiger charge is 2.16. The average Bonchev–Trinajstić information content (AvgIpc) is 2.36. The Kier molecular flexibility index (Phi) is 6.68. The topological polar surface area (TPSA) is 66.4 Å². The molecule has 112 valence electrons. The Labute approximate surface area is 125 Å². The molecule has 1 aromatic rings. The van der Waals surface area contributed by atoms with E-state index in [0.29, 0.717) is 22.9 Å². The van der Waals surface area contributed by atoms with Gasteiger partial charge in [0.15, 0.2) is 0 Å². The van der Waals surface area contributed by atoms with E-state index in [1.807, 2.05) is 13.8 Å². The molecule has 0 aliphatic heterocycles. The lowest BCUT2D eigenvalue weighted by atomic mass is 10.1. The van der Waals surface area contributed by atoms with E-state index in [1.54, 1.807) is 24.3 Å². The highest BCUT2D eigenvalue weighted by atomic mass is 35.5. The lowest BCUT2D eigenvalue weighted by Gasteiger charge is -2.16. The van der Waals surface area contributed by atoms with Gasteiger partial charge in [0.05, 0.1) is 6.61 Å². The standard InChI is InChI=1S/C14H20ClNO3S/c1-11(2)9-13(10-17)16-20(18,19)8-7-12-5-3-4-6-14(12)15/h3-8,11,13,16-17H,9-10H2,1-2H3/b8-7+. The number of aliphatic hydroxyl groups is 1. The van der Waals surface area contributed by atoms with Crippen molar-refractivity contribution in [3.8, 4) is 0 Å². The Balaban J connectivity index is 2.77. The van der Waals surface area contributed by atoms with Gasteiger partial charge in [-0.15, -0.1) is 0 Å². The van der Waals surface area contributed by atoms with Gasteiger partial charge >= 0.3 is 0 Å². The molecule has 0 aliphatic rings. The fraction of sp³-hybridized carbons (Fsp3) is 0.429. The maximum Gasteiger partial charge on any atom is 0.234 e. The summed E-state index contributed by atoms with van der Waals surface area (Å²) in [5.41, 5.74) is 0.629. The van der Waals surface area contributed by atoms with Crippen molar-refractivity contribution in [2.24, 2.45) is 5.92 Å².